The second-order valence-corrected chi connectivity index (χ2v) is 3.34. The number of unbranched alkanes of at least 4 members (excludes halogenated alkanes) is 2. The summed E-state index contributed by atoms with van der Waals surface area (Å²) in [6, 6.07) is 0. The van der Waals surface area contributed by atoms with E-state index in [4.69, 9.17) is 5.73 Å². The summed E-state index contributed by atoms with van der Waals surface area (Å²) >= 11 is 0. The van der Waals surface area contributed by atoms with Gasteiger partial charge in [0.15, 0.2) is 0 Å². The van der Waals surface area contributed by atoms with Crippen LogP contribution in [0.5, 0.6) is 0 Å². The highest BCUT2D eigenvalue weighted by molar-refractivity contribution is 5.76. The molecule has 1 atom stereocenters. The molecule has 0 aromatic rings. The van der Waals surface area contributed by atoms with Crippen LogP contribution >= 0.6 is 0 Å². The Hall–Kier alpha value is -0.860. The zero-order valence-corrected chi connectivity index (χ0v) is 8.29. The zero-order chi connectivity index (χ0) is 10.1. The number of carbonyl (C=O) groups excluding carboxylic acids is 2. The summed E-state index contributed by atoms with van der Waals surface area (Å²) < 4.78 is 0. The van der Waals surface area contributed by atoms with Crippen LogP contribution in [0, 0.1) is 5.92 Å². The van der Waals surface area contributed by atoms with Crippen molar-refractivity contribution in [3.8, 4) is 0 Å². The molecule has 13 heavy (non-hydrogen) atoms. The average molecular weight is 185 g/mol. The van der Waals surface area contributed by atoms with E-state index in [0.29, 0.717) is 12.8 Å². The Kier molecular flexibility index (Phi) is 7.26. The Balaban J connectivity index is 3.66. The standard InChI is InChI=1S/C10H19NO2/c1-2-3-4-6-9(10(11)13)7-5-8-12/h8-9H,2-7H2,1H3,(H2,11,13). The van der Waals surface area contributed by atoms with Crippen molar-refractivity contribution in [2.75, 3.05) is 0 Å². The van der Waals surface area contributed by atoms with Crippen LogP contribution < -0.4 is 5.73 Å². The molecule has 76 valence electrons. The van der Waals surface area contributed by atoms with Crippen molar-refractivity contribution in [3.05, 3.63) is 0 Å². The largest absolute Gasteiger partial charge is 0.369 e. The van der Waals surface area contributed by atoms with Crippen LogP contribution in [-0.4, -0.2) is 12.2 Å². The molecule has 2 N–H and O–H groups in total. The quantitative estimate of drug-likeness (QED) is 0.461. The average Bonchev–Trinajstić information content (AvgIpc) is 2.10. The summed E-state index contributed by atoms with van der Waals surface area (Å²) in [5, 5.41) is 0. The van der Waals surface area contributed by atoms with E-state index in [1.54, 1.807) is 0 Å². The van der Waals surface area contributed by atoms with Gasteiger partial charge in [-0.1, -0.05) is 26.2 Å². The number of hydrogen-bond donors (Lipinski definition) is 1. The van der Waals surface area contributed by atoms with Crippen LogP contribution in [0.2, 0.25) is 0 Å². The SMILES string of the molecule is CCCCCC(CCC=O)C(N)=O. The van der Waals surface area contributed by atoms with E-state index >= 15 is 0 Å². The van der Waals surface area contributed by atoms with Gasteiger partial charge in [0.1, 0.15) is 6.29 Å². The summed E-state index contributed by atoms with van der Waals surface area (Å²) in [6.07, 6.45) is 6.03. The smallest absolute Gasteiger partial charge is 0.220 e. The molecule has 0 radical (unpaired) electrons. The molecule has 0 aliphatic heterocycles. The Bertz CT molecular complexity index is 157. The molecule has 0 bridgehead atoms. The Labute approximate surface area is 79.7 Å². The van der Waals surface area contributed by atoms with E-state index in [0.717, 1.165) is 32.0 Å². The Morgan fingerprint density at radius 1 is 1.38 bits per heavy atom. The number of carbonyl (C=O) groups is 2. The predicted molar refractivity (Wildman–Crippen MR) is 52.1 cm³/mol. The van der Waals surface area contributed by atoms with Crippen molar-refractivity contribution in [1.82, 2.24) is 0 Å². The highest BCUT2D eigenvalue weighted by atomic mass is 16.1. The van der Waals surface area contributed by atoms with Gasteiger partial charge < -0.3 is 10.5 Å². The van der Waals surface area contributed by atoms with Crippen molar-refractivity contribution in [2.45, 2.75) is 45.4 Å². The lowest BCUT2D eigenvalue weighted by Crippen LogP contribution is -2.23. The fourth-order valence-corrected chi connectivity index (χ4v) is 1.34. The molecule has 3 heteroatoms. The van der Waals surface area contributed by atoms with Crippen LogP contribution in [0.15, 0.2) is 0 Å². The molecule has 0 aliphatic carbocycles. The monoisotopic (exact) mass is 185 g/mol. The van der Waals surface area contributed by atoms with Crippen LogP contribution in [0.4, 0.5) is 0 Å². The first-order valence-electron chi connectivity index (χ1n) is 4.95. The van der Waals surface area contributed by atoms with Gasteiger partial charge in [0.25, 0.3) is 0 Å². The van der Waals surface area contributed by atoms with E-state index in [2.05, 4.69) is 6.92 Å². The van der Waals surface area contributed by atoms with E-state index in [9.17, 15) is 9.59 Å². The summed E-state index contributed by atoms with van der Waals surface area (Å²) in [5.41, 5.74) is 5.20. The third kappa shape index (κ3) is 6.31. The molecule has 0 aliphatic rings. The third-order valence-corrected chi connectivity index (χ3v) is 2.19. The number of nitrogens with two attached hydrogens (primary N) is 1. The number of amides is 1. The van der Waals surface area contributed by atoms with Gasteiger partial charge in [0, 0.05) is 12.3 Å². The lowest BCUT2D eigenvalue weighted by atomic mass is 9.96. The summed E-state index contributed by atoms with van der Waals surface area (Å²) in [7, 11) is 0. The van der Waals surface area contributed by atoms with Gasteiger partial charge in [-0.05, 0) is 12.8 Å². The molecule has 3 nitrogen and oxygen atoms in total. The zero-order valence-electron chi connectivity index (χ0n) is 8.29. The summed E-state index contributed by atoms with van der Waals surface area (Å²) in [4.78, 5) is 21.0. The predicted octanol–water partition coefficient (Wildman–Crippen LogP) is 1.65. The first-order valence-corrected chi connectivity index (χ1v) is 4.95. The topological polar surface area (TPSA) is 60.2 Å². The second kappa shape index (κ2) is 7.77. The van der Waals surface area contributed by atoms with Gasteiger partial charge in [-0.15, -0.1) is 0 Å². The van der Waals surface area contributed by atoms with Crippen LogP contribution in [0.25, 0.3) is 0 Å². The summed E-state index contributed by atoms with van der Waals surface area (Å²) in [6.45, 7) is 2.12. The van der Waals surface area contributed by atoms with Gasteiger partial charge in [-0.3, -0.25) is 4.79 Å². The molecular formula is C10H19NO2. The number of primary amides is 1. The first-order chi connectivity index (χ1) is 6.22. The number of aldehydes is 1. The lowest BCUT2D eigenvalue weighted by molar-refractivity contribution is -0.122. The molecule has 0 fully saturated rings. The maximum absolute atomic E-state index is 10.9. The molecule has 1 amide bonds. The molecule has 0 rings (SSSR count). The minimum absolute atomic E-state index is 0.100. The fraction of sp³-hybridized carbons (Fsp3) is 0.800. The van der Waals surface area contributed by atoms with Crippen molar-refractivity contribution in [2.24, 2.45) is 11.7 Å². The van der Waals surface area contributed by atoms with Gasteiger partial charge >= 0.3 is 0 Å². The van der Waals surface area contributed by atoms with E-state index < -0.39 is 0 Å². The van der Waals surface area contributed by atoms with E-state index in [-0.39, 0.29) is 11.8 Å². The Morgan fingerprint density at radius 2 is 2.08 bits per heavy atom. The minimum Gasteiger partial charge on any atom is -0.369 e. The van der Waals surface area contributed by atoms with Crippen molar-refractivity contribution < 1.29 is 9.59 Å². The fourth-order valence-electron chi connectivity index (χ4n) is 1.34. The Morgan fingerprint density at radius 3 is 2.54 bits per heavy atom. The number of hydrogen-bond acceptors (Lipinski definition) is 2. The highest BCUT2D eigenvalue weighted by Crippen LogP contribution is 2.14. The minimum atomic E-state index is -0.266. The van der Waals surface area contributed by atoms with Crippen LogP contribution in [0.1, 0.15) is 45.4 Å². The van der Waals surface area contributed by atoms with Gasteiger partial charge in [0.05, 0.1) is 0 Å². The maximum atomic E-state index is 10.9. The second-order valence-electron chi connectivity index (χ2n) is 3.34. The van der Waals surface area contributed by atoms with Gasteiger partial charge in [-0.25, -0.2) is 0 Å². The van der Waals surface area contributed by atoms with Gasteiger partial charge in [0.2, 0.25) is 5.91 Å². The van der Waals surface area contributed by atoms with Crippen LogP contribution in [-0.2, 0) is 9.59 Å². The lowest BCUT2D eigenvalue weighted by Gasteiger charge is -2.10. The molecule has 0 aromatic carbocycles. The first kappa shape index (κ1) is 12.1. The highest BCUT2D eigenvalue weighted by Gasteiger charge is 2.13. The molecule has 0 spiro atoms. The number of rotatable bonds is 8. The van der Waals surface area contributed by atoms with E-state index in [1.807, 2.05) is 0 Å². The normalized spacial score (nSPS) is 12.4. The maximum Gasteiger partial charge on any atom is 0.220 e. The molecule has 0 saturated carbocycles. The molecular weight excluding hydrogens is 166 g/mol. The van der Waals surface area contributed by atoms with E-state index in [1.165, 1.54) is 0 Å². The van der Waals surface area contributed by atoms with Gasteiger partial charge in [-0.2, -0.15) is 0 Å². The molecule has 0 heterocycles. The van der Waals surface area contributed by atoms with Crippen molar-refractivity contribution >= 4 is 12.2 Å². The third-order valence-electron chi connectivity index (χ3n) is 2.19. The van der Waals surface area contributed by atoms with Crippen molar-refractivity contribution in [1.29, 1.82) is 0 Å². The van der Waals surface area contributed by atoms with Crippen molar-refractivity contribution in [3.63, 3.8) is 0 Å². The molecule has 0 saturated heterocycles. The van der Waals surface area contributed by atoms with Crippen LogP contribution in [0.3, 0.4) is 0 Å². The summed E-state index contributed by atoms with van der Waals surface area (Å²) in [5.74, 6) is -0.366. The molecule has 1 unspecified atom stereocenters. The molecule has 0 aromatic heterocycles.